The molecule has 1 aromatic rings. The third kappa shape index (κ3) is 3.02. The van der Waals surface area contributed by atoms with Crippen molar-refractivity contribution >= 4 is 17.2 Å². The van der Waals surface area contributed by atoms with Crippen LogP contribution in [0, 0.1) is 0 Å². The van der Waals surface area contributed by atoms with Gasteiger partial charge in [0.25, 0.3) is 0 Å². The normalized spacial score (nSPS) is 20.3. The van der Waals surface area contributed by atoms with Gasteiger partial charge >= 0.3 is 0 Å². The lowest BCUT2D eigenvalue weighted by Crippen LogP contribution is -2.33. The molecule has 0 atom stereocenters. The topological polar surface area (TPSA) is 30.9 Å². The average molecular weight is 308 g/mol. The van der Waals surface area contributed by atoms with Crippen molar-refractivity contribution in [3.8, 4) is 0 Å². The molecule has 23 heavy (non-hydrogen) atoms. The summed E-state index contributed by atoms with van der Waals surface area (Å²) in [6, 6.07) is 8.76. The van der Waals surface area contributed by atoms with Crippen molar-refractivity contribution in [2.24, 2.45) is 4.99 Å². The number of hydrogen-bond acceptors (Lipinski definition) is 3. The first-order valence-corrected chi connectivity index (χ1v) is 8.15. The molecule has 1 saturated heterocycles. The van der Waals surface area contributed by atoms with Gasteiger partial charge < -0.3 is 15.1 Å². The van der Waals surface area contributed by atoms with E-state index in [4.69, 9.17) is 0 Å². The second kappa shape index (κ2) is 6.73. The van der Waals surface area contributed by atoms with Gasteiger partial charge in [0.2, 0.25) is 0 Å². The van der Waals surface area contributed by atoms with Crippen LogP contribution in [0.3, 0.4) is 0 Å². The highest BCUT2D eigenvalue weighted by Gasteiger charge is 2.20. The zero-order valence-electron chi connectivity index (χ0n) is 13.9. The summed E-state index contributed by atoms with van der Waals surface area (Å²) in [6.45, 7) is 8.54. The van der Waals surface area contributed by atoms with Gasteiger partial charge in [-0.05, 0) is 31.9 Å². The second-order valence-electron chi connectivity index (χ2n) is 5.77. The minimum atomic E-state index is 0.794. The molecule has 0 aliphatic carbocycles. The van der Waals surface area contributed by atoms with Crippen molar-refractivity contribution in [2.75, 3.05) is 25.0 Å². The molecular weight excluding hydrogens is 284 g/mol. The van der Waals surface area contributed by atoms with Crippen molar-refractivity contribution in [3.63, 3.8) is 0 Å². The molecule has 3 rings (SSSR count). The maximum absolute atomic E-state index is 4.25. The molecular formula is C19H24N4. The Morgan fingerprint density at radius 1 is 1.30 bits per heavy atom. The van der Waals surface area contributed by atoms with Gasteiger partial charge in [0.15, 0.2) is 0 Å². The molecule has 0 aromatic heterocycles. The highest BCUT2D eigenvalue weighted by atomic mass is 15.2. The van der Waals surface area contributed by atoms with E-state index >= 15 is 0 Å². The Balaban J connectivity index is 1.92. The van der Waals surface area contributed by atoms with Gasteiger partial charge in [0, 0.05) is 49.5 Å². The van der Waals surface area contributed by atoms with E-state index in [1.54, 1.807) is 7.05 Å². The molecule has 2 aliphatic heterocycles. The van der Waals surface area contributed by atoms with Crippen LogP contribution in [0.2, 0.25) is 0 Å². The third-order valence-electron chi connectivity index (χ3n) is 4.38. The monoisotopic (exact) mass is 308 g/mol. The zero-order chi connectivity index (χ0) is 16.2. The fraction of sp³-hybridized carbons (Fsp3) is 0.316. The van der Waals surface area contributed by atoms with Gasteiger partial charge in [-0.3, -0.25) is 4.99 Å². The van der Waals surface area contributed by atoms with Crippen molar-refractivity contribution in [2.45, 2.75) is 19.8 Å². The number of anilines is 1. The number of aliphatic imine (C=N–C) groups is 1. The summed E-state index contributed by atoms with van der Waals surface area (Å²) in [5.74, 6) is 0.794. The molecule has 0 spiro atoms. The lowest BCUT2D eigenvalue weighted by Gasteiger charge is -2.30. The molecule has 1 aromatic carbocycles. The van der Waals surface area contributed by atoms with Crippen LogP contribution in [0.1, 0.15) is 25.3 Å². The van der Waals surface area contributed by atoms with E-state index < -0.39 is 0 Å². The summed E-state index contributed by atoms with van der Waals surface area (Å²) in [4.78, 5) is 8.79. The van der Waals surface area contributed by atoms with Gasteiger partial charge in [-0.15, -0.1) is 0 Å². The first kappa shape index (κ1) is 15.4. The number of hydrogen-bond donors (Lipinski definition) is 1. The SMILES string of the molecule is C=C1C(=NC)NC=CN1/C(=C\C)c1cccc(N2CCCC2)c1. The number of benzene rings is 1. The van der Waals surface area contributed by atoms with Crippen LogP contribution in [0.25, 0.3) is 5.70 Å². The lowest BCUT2D eigenvalue weighted by molar-refractivity contribution is 0.669. The Bertz CT molecular complexity index is 678. The van der Waals surface area contributed by atoms with Crippen LogP contribution in [-0.4, -0.2) is 30.9 Å². The Kier molecular flexibility index (Phi) is 4.51. The highest BCUT2D eigenvalue weighted by molar-refractivity contribution is 6.00. The van der Waals surface area contributed by atoms with Crippen LogP contribution in [0.4, 0.5) is 5.69 Å². The molecule has 0 saturated carbocycles. The van der Waals surface area contributed by atoms with Crippen molar-refractivity contribution in [1.82, 2.24) is 10.2 Å². The van der Waals surface area contributed by atoms with Crippen LogP contribution in [0.15, 0.2) is 60.0 Å². The average Bonchev–Trinajstić information content (AvgIpc) is 3.12. The molecule has 2 aliphatic rings. The maximum Gasteiger partial charge on any atom is 0.148 e. The predicted molar refractivity (Wildman–Crippen MR) is 98.2 cm³/mol. The van der Waals surface area contributed by atoms with Gasteiger partial charge in [-0.2, -0.15) is 0 Å². The van der Waals surface area contributed by atoms with Crippen molar-refractivity contribution < 1.29 is 0 Å². The Morgan fingerprint density at radius 2 is 2.09 bits per heavy atom. The van der Waals surface area contributed by atoms with Crippen LogP contribution in [0.5, 0.6) is 0 Å². The smallest absolute Gasteiger partial charge is 0.148 e. The Morgan fingerprint density at radius 3 is 2.78 bits per heavy atom. The molecule has 2 heterocycles. The van der Waals surface area contributed by atoms with E-state index in [1.807, 2.05) is 12.4 Å². The van der Waals surface area contributed by atoms with Crippen LogP contribution < -0.4 is 10.2 Å². The first-order valence-electron chi connectivity index (χ1n) is 8.15. The fourth-order valence-corrected chi connectivity index (χ4v) is 3.18. The second-order valence-corrected chi connectivity index (χ2v) is 5.77. The number of nitrogens with zero attached hydrogens (tertiary/aromatic N) is 3. The summed E-state index contributed by atoms with van der Waals surface area (Å²) in [5.41, 5.74) is 4.47. The van der Waals surface area contributed by atoms with Crippen molar-refractivity contribution in [3.05, 3.63) is 60.6 Å². The molecule has 1 N–H and O–H groups in total. The highest BCUT2D eigenvalue weighted by Crippen LogP contribution is 2.29. The zero-order valence-corrected chi connectivity index (χ0v) is 13.9. The predicted octanol–water partition coefficient (Wildman–Crippen LogP) is 3.57. The van der Waals surface area contributed by atoms with E-state index in [1.165, 1.54) is 24.1 Å². The summed E-state index contributed by atoms with van der Waals surface area (Å²) in [6.07, 6.45) is 8.58. The number of nitrogens with one attached hydrogen (secondary N) is 1. The molecule has 0 amide bonds. The number of rotatable bonds is 3. The molecule has 4 nitrogen and oxygen atoms in total. The fourth-order valence-electron chi connectivity index (χ4n) is 3.18. The first-order chi connectivity index (χ1) is 11.2. The van der Waals surface area contributed by atoms with Gasteiger partial charge in [0.1, 0.15) is 5.84 Å². The van der Waals surface area contributed by atoms with Gasteiger partial charge in [-0.25, -0.2) is 0 Å². The van der Waals surface area contributed by atoms with E-state index in [-0.39, 0.29) is 0 Å². The van der Waals surface area contributed by atoms with E-state index in [0.29, 0.717) is 0 Å². The standard InChI is InChI=1S/C19H24N4/c1-4-18(23-13-10-21-19(20-3)15(23)2)16-8-7-9-17(14-16)22-11-5-6-12-22/h4,7-10,13-14H,2,5-6,11-12H2,1,3H3,(H,20,21)/b18-4-. The molecule has 0 bridgehead atoms. The molecule has 4 heteroatoms. The van der Waals surface area contributed by atoms with Crippen molar-refractivity contribution in [1.29, 1.82) is 0 Å². The quantitative estimate of drug-likeness (QED) is 0.926. The Labute approximate surface area is 138 Å². The molecule has 0 radical (unpaired) electrons. The molecule has 120 valence electrons. The largest absolute Gasteiger partial charge is 0.372 e. The Hall–Kier alpha value is -2.49. The maximum atomic E-state index is 4.25. The third-order valence-corrected chi connectivity index (χ3v) is 4.38. The van der Waals surface area contributed by atoms with E-state index in [0.717, 1.165) is 30.3 Å². The summed E-state index contributed by atoms with van der Waals surface area (Å²) in [5, 5.41) is 3.13. The summed E-state index contributed by atoms with van der Waals surface area (Å²) >= 11 is 0. The van der Waals surface area contributed by atoms with Gasteiger partial charge in [-0.1, -0.05) is 24.8 Å². The minimum absolute atomic E-state index is 0.794. The minimum Gasteiger partial charge on any atom is -0.372 e. The molecule has 0 unspecified atom stereocenters. The van der Waals surface area contributed by atoms with E-state index in [9.17, 15) is 0 Å². The number of amidine groups is 1. The summed E-state index contributed by atoms with van der Waals surface area (Å²) in [7, 11) is 1.77. The molecule has 1 fully saturated rings. The van der Waals surface area contributed by atoms with Crippen LogP contribution >= 0.6 is 0 Å². The lowest BCUT2D eigenvalue weighted by atomic mass is 10.1. The van der Waals surface area contributed by atoms with Gasteiger partial charge in [0.05, 0.1) is 5.70 Å². The van der Waals surface area contributed by atoms with E-state index in [2.05, 4.69) is 64.0 Å². The van der Waals surface area contributed by atoms with Crippen LogP contribution in [-0.2, 0) is 0 Å². The summed E-state index contributed by atoms with van der Waals surface area (Å²) < 4.78 is 0. The number of allylic oxidation sites excluding steroid dienone is 1.